The lowest BCUT2D eigenvalue weighted by Crippen LogP contribution is -2.01. The average Bonchev–Trinajstić information content (AvgIpc) is 3.56. The summed E-state index contributed by atoms with van der Waals surface area (Å²) in [4.78, 5) is 19.3. The molecule has 0 saturated carbocycles. The molecule has 5 heteroatoms. The van der Waals surface area contributed by atoms with E-state index in [9.17, 15) is 0 Å². The molecule has 0 aliphatic heterocycles. The number of hydrogen-bond donors (Lipinski definition) is 0. The summed E-state index contributed by atoms with van der Waals surface area (Å²) >= 11 is 0. The molecule has 10 aromatic rings. The van der Waals surface area contributed by atoms with Crippen molar-refractivity contribution < 1.29 is 0 Å². The summed E-state index contributed by atoms with van der Waals surface area (Å²) in [5, 5.41) is 6.44. The summed E-state index contributed by atoms with van der Waals surface area (Å²) in [6.07, 6.45) is 0. The van der Waals surface area contributed by atoms with Crippen molar-refractivity contribution in [2.45, 2.75) is 0 Å². The molecule has 0 fully saturated rings. The highest BCUT2D eigenvalue weighted by atomic mass is 15.0. The molecule has 0 aliphatic rings. The van der Waals surface area contributed by atoms with E-state index >= 15 is 0 Å². The summed E-state index contributed by atoms with van der Waals surface area (Å²) in [5.74, 6) is 1.82. The molecule has 0 saturated heterocycles. The molecule has 2 aromatic heterocycles. The Labute approximate surface area is 305 Å². The Morgan fingerprint density at radius 3 is 1.55 bits per heavy atom. The molecule has 0 aliphatic carbocycles. The Bertz CT molecular complexity index is 2960. The molecule has 8 aromatic carbocycles. The van der Waals surface area contributed by atoms with Gasteiger partial charge in [0.15, 0.2) is 23.2 Å². The Hall–Kier alpha value is -7.42. The standard InChI is InChI=1S/C48H29N5/c1-49-36-24-28-45-43(30-36)42-29-35(23-27-44(42)53(45)37-25-21-32(22-26-37)31-11-3-2-4-12-31)46-50-47(40-19-9-15-33-13-5-7-17-38(33)40)52-48(51-46)41-20-10-16-34-14-6-8-18-39(34)41/h2-30H. The smallest absolute Gasteiger partial charge is 0.188 e. The second-order valence-corrected chi connectivity index (χ2v) is 13.2. The lowest BCUT2D eigenvalue weighted by molar-refractivity contribution is 1.08. The number of aromatic nitrogens is 4. The van der Waals surface area contributed by atoms with Gasteiger partial charge in [-0.15, -0.1) is 0 Å². The van der Waals surface area contributed by atoms with Crippen molar-refractivity contribution in [2.75, 3.05) is 0 Å². The van der Waals surface area contributed by atoms with Crippen molar-refractivity contribution in [1.29, 1.82) is 0 Å². The highest BCUT2D eigenvalue weighted by Gasteiger charge is 2.19. The number of rotatable bonds is 5. The maximum atomic E-state index is 7.80. The van der Waals surface area contributed by atoms with E-state index in [1.165, 1.54) is 5.56 Å². The first-order chi connectivity index (χ1) is 26.2. The maximum Gasteiger partial charge on any atom is 0.188 e. The number of fused-ring (bicyclic) bond motifs is 5. The molecule has 0 bridgehead atoms. The third kappa shape index (κ3) is 5.21. The highest BCUT2D eigenvalue weighted by Crippen LogP contribution is 2.38. The first-order valence-electron chi connectivity index (χ1n) is 17.6. The van der Waals surface area contributed by atoms with Crippen LogP contribution in [-0.4, -0.2) is 19.5 Å². The van der Waals surface area contributed by atoms with Gasteiger partial charge in [0.05, 0.1) is 17.6 Å². The van der Waals surface area contributed by atoms with Crippen LogP contribution in [0.5, 0.6) is 0 Å². The van der Waals surface area contributed by atoms with E-state index in [2.05, 4.69) is 161 Å². The number of nitrogens with zero attached hydrogens (tertiary/aromatic N) is 5. The topological polar surface area (TPSA) is 48.0 Å². The van der Waals surface area contributed by atoms with E-state index in [1.54, 1.807) is 0 Å². The fourth-order valence-electron chi connectivity index (χ4n) is 7.52. The molecule has 0 atom stereocenters. The lowest BCUT2D eigenvalue weighted by Gasteiger charge is -2.12. The molecule has 0 N–H and O–H groups in total. The molecule has 10 rings (SSSR count). The van der Waals surface area contributed by atoms with Crippen LogP contribution in [-0.2, 0) is 0 Å². The SMILES string of the molecule is [C-]#[N+]c1ccc2c(c1)c1cc(-c3nc(-c4cccc5ccccc45)nc(-c4cccc5ccccc45)n3)ccc1n2-c1ccc(-c2ccccc2)cc1. The van der Waals surface area contributed by atoms with Crippen molar-refractivity contribution >= 4 is 49.0 Å². The van der Waals surface area contributed by atoms with Crippen molar-refractivity contribution in [1.82, 2.24) is 19.5 Å². The Morgan fingerprint density at radius 2 is 0.906 bits per heavy atom. The second-order valence-electron chi connectivity index (χ2n) is 13.2. The van der Waals surface area contributed by atoms with E-state index in [1.807, 2.05) is 24.3 Å². The minimum Gasteiger partial charge on any atom is -0.309 e. The van der Waals surface area contributed by atoms with Crippen LogP contribution < -0.4 is 0 Å². The van der Waals surface area contributed by atoms with Crippen LogP contribution in [0.2, 0.25) is 0 Å². The van der Waals surface area contributed by atoms with Crippen LogP contribution in [0.1, 0.15) is 0 Å². The number of hydrogen-bond acceptors (Lipinski definition) is 3. The van der Waals surface area contributed by atoms with Gasteiger partial charge in [0.25, 0.3) is 0 Å². The summed E-state index contributed by atoms with van der Waals surface area (Å²) in [6.45, 7) is 7.80. The zero-order valence-electron chi connectivity index (χ0n) is 28.5. The van der Waals surface area contributed by atoms with Gasteiger partial charge in [-0.1, -0.05) is 133 Å². The van der Waals surface area contributed by atoms with E-state index < -0.39 is 0 Å². The van der Waals surface area contributed by atoms with Crippen molar-refractivity contribution in [3.63, 3.8) is 0 Å². The molecule has 0 amide bonds. The van der Waals surface area contributed by atoms with Crippen molar-refractivity contribution in [3.8, 4) is 51.0 Å². The summed E-state index contributed by atoms with van der Waals surface area (Å²) in [6, 6.07) is 60.6. The Morgan fingerprint density at radius 1 is 0.396 bits per heavy atom. The summed E-state index contributed by atoms with van der Waals surface area (Å²) in [5.41, 5.74) is 8.81. The monoisotopic (exact) mass is 675 g/mol. The molecular weight excluding hydrogens is 647 g/mol. The second kappa shape index (κ2) is 12.4. The van der Waals surface area contributed by atoms with Gasteiger partial charge in [0, 0.05) is 27.8 Å². The van der Waals surface area contributed by atoms with Crippen LogP contribution >= 0.6 is 0 Å². The molecule has 246 valence electrons. The normalized spacial score (nSPS) is 11.4. The largest absolute Gasteiger partial charge is 0.309 e. The van der Waals surface area contributed by atoms with Gasteiger partial charge in [-0.2, -0.15) is 0 Å². The quantitative estimate of drug-likeness (QED) is 0.171. The van der Waals surface area contributed by atoms with E-state index in [0.717, 1.165) is 71.3 Å². The minimum absolute atomic E-state index is 0.585. The Kier molecular flexibility index (Phi) is 7.12. The lowest BCUT2D eigenvalue weighted by atomic mass is 10.0. The molecule has 0 radical (unpaired) electrons. The van der Waals surface area contributed by atoms with E-state index in [4.69, 9.17) is 21.5 Å². The van der Waals surface area contributed by atoms with Crippen molar-refractivity contribution in [2.24, 2.45) is 0 Å². The predicted octanol–water partition coefficient (Wildman–Crippen LogP) is 12.5. The van der Waals surface area contributed by atoms with Gasteiger partial charge in [0.2, 0.25) is 0 Å². The summed E-state index contributed by atoms with van der Waals surface area (Å²) < 4.78 is 2.27. The van der Waals surface area contributed by atoms with Crippen LogP contribution in [0.25, 0.3) is 99.2 Å². The first-order valence-corrected chi connectivity index (χ1v) is 17.6. The number of benzene rings is 8. The third-order valence-corrected chi connectivity index (χ3v) is 10.1. The van der Waals surface area contributed by atoms with Gasteiger partial charge in [-0.25, -0.2) is 19.8 Å². The maximum absolute atomic E-state index is 7.80. The predicted molar refractivity (Wildman–Crippen MR) is 217 cm³/mol. The van der Waals surface area contributed by atoms with Crippen LogP contribution in [0.4, 0.5) is 5.69 Å². The fourth-order valence-corrected chi connectivity index (χ4v) is 7.52. The van der Waals surface area contributed by atoms with Crippen LogP contribution in [0, 0.1) is 6.57 Å². The third-order valence-electron chi connectivity index (χ3n) is 10.1. The summed E-state index contributed by atoms with van der Waals surface area (Å²) in [7, 11) is 0. The first kappa shape index (κ1) is 30.4. The zero-order chi connectivity index (χ0) is 35.3. The van der Waals surface area contributed by atoms with Crippen LogP contribution in [0.3, 0.4) is 0 Å². The molecule has 0 unspecified atom stereocenters. The van der Waals surface area contributed by atoms with Gasteiger partial charge in [-0.05, 0) is 80.5 Å². The van der Waals surface area contributed by atoms with Gasteiger partial charge >= 0.3 is 0 Å². The molecular formula is C48H29N5. The van der Waals surface area contributed by atoms with E-state index in [0.29, 0.717) is 23.2 Å². The van der Waals surface area contributed by atoms with E-state index in [-0.39, 0.29) is 0 Å². The van der Waals surface area contributed by atoms with Gasteiger partial charge < -0.3 is 4.57 Å². The van der Waals surface area contributed by atoms with Crippen LogP contribution in [0.15, 0.2) is 176 Å². The average molecular weight is 676 g/mol. The molecule has 5 nitrogen and oxygen atoms in total. The zero-order valence-corrected chi connectivity index (χ0v) is 28.5. The molecule has 53 heavy (non-hydrogen) atoms. The van der Waals surface area contributed by atoms with Gasteiger partial charge in [0.1, 0.15) is 0 Å². The molecule has 2 heterocycles. The highest BCUT2D eigenvalue weighted by molar-refractivity contribution is 6.11. The minimum atomic E-state index is 0.585. The fraction of sp³-hybridized carbons (Fsp3) is 0. The van der Waals surface area contributed by atoms with Gasteiger partial charge in [-0.3, -0.25) is 0 Å². The molecule has 0 spiro atoms. The van der Waals surface area contributed by atoms with Crippen molar-refractivity contribution in [3.05, 3.63) is 187 Å². The Balaban J connectivity index is 1.19.